The first-order chi connectivity index (χ1) is 10.7. The van der Waals surface area contributed by atoms with E-state index in [2.05, 4.69) is 29.6 Å². The molecule has 0 bridgehead atoms. The Morgan fingerprint density at radius 3 is 2.68 bits per heavy atom. The van der Waals surface area contributed by atoms with Crippen LogP contribution < -0.4 is 5.32 Å². The first-order valence-electron chi connectivity index (χ1n) is 7.23. The van der Waals surface area contributed by atoms with Crippen LogP contribution in [0.15, 0.2) is 71.4 Å². The van der Waals surface area contributed by atoms with E-state index in [9.17, 15) is 4.79 Å². The number of nitrogens with one attached hydrogen (secondary N) is 1. The Labute approximate surface area is 129 Å². The standard InChI is InChI=1S/C19H17NO2/c1-14(20-19(21)11-10-18-7-4-12-22-18)16-9-8-15-5-2-3-6-17(15)13-16/h2-14H,1H3,(H,20,21)/b11-10+/t14-/m1/s1. The number of amides is 1. The van der Waals surface area contributed by atoms with E-state index in [-0.39, 0.29) is 11.9 Å². The van der Waals surface area contributed by atoms with Crippen LogP contribution in [0, 0.1) is 0 Å². The summed E-state index contributed by atoms with van der Waals surface area (Å²) in [6.45, 7) is 1.97. The summed E-state index contributed by atoms with van der Waals surface area (Å²) >= 11 is 0. The first-order valence-corrected chi connectivity index (χ1v) is 7.23. The van der Waals surface area contributed by atoms with Gasteiger partial charge in [-0.3, -0.25) is 4.79 Å². The van der Waals surface area contributed by atoms with E-state index in [0.717, 1.165) is 5.56 Å². The highest BCUT2D eigenvalue weighted by atomic mass is 16.3. The van der Waals surface area contributed by atoms with Gasteiger partial charge < -0.3 is 9.73 Å². The summed E-state index contributed by atoms with van der Waals surface area (Å²) in [7, 11) is 0. The Morgan fingerprint density at radius 2 is 1.91 bits per heavy atom. The zero-order chi connectivity index (χ0) is 15.4. The van der Waals surface area contributed by atoms with Crippen LogP contribution in [0.4, 0.5) is 0 Å². The quantitative estimate of drug-likeness (QED) is 0.727. The third-order valence-corrected chi connectivity index (χ3v) is 3.57. The summed E-state index contributed by atoms with van der Waals surface area (Å²) in [5.74, 6) is 0.519. The van der Waals surface area contributed by atoms with Crippen molar-refractivity contribution in [1.82, 2.24) is 5.32 Å². The number of hydrogen-bond donors (Lipinski definition) is 1. The van der Waals surface area contributed by atoms with E-state index in [4.69, 9.17) is 4.42 Å². The normalized spacial score (nSPS) is 12.6. The molecule has 1 heterocycles. The molecule has 0 saturated carbocycles. The van der Waals surface area contributed by atoms with Crippen molar-refractivity contribution in [1.29, 1.82) is 0 Å². The van der Waals surface area contributed by atoms with Gasteiger partial charge in [0.2, 0.25) is 5.91 Å². The maximum atomic E-state index is 11.9. The summed E-state index contributed by atoms with van der Waals surface area (Å²) in [4.78, 5) is 11.9. The SMILES string of the molecule is C[C@@H](NC(=O)/C=C/c1ccco1)c1ccc2ccccc2c1. The predicted molar refractivity (Wildman–Crippen MR) is 88.2 cm³/mol. The lowest BCUT2D eigenvalue weighted by atomic mass is 10.0. The minimum atomic E-state index is -0.142. The zero-order valence-electron chi connectivity index (χ0n) is 12.3. The van der Waals surface area contributed by atoms with Gasteiger partial charge in [-0.05, 0) is 47.5 Å². The molecule has 0 unspecified atom stereocenters. The molecule has 110 valence electrons. The van der Waals surface area contributed by atoms with Crippen molar-refractivity contribution in [3.8, 4) is 0 Å². The lowest BCUT2D eigenvalue weighted by molar-refractivity contribution is -0.117. The Morgan fingerprint density at radius 1 is 1.09 bits per heavy atom. The molecule has 3 heteroatoms. The van der Waals surface area contributed by atoms with Crippen LogP contribution in [0.2, 0.25) is 0 Å². The molecule has 0 aliphatic rings. The van der Waals surface area contributed by atoms with Crippen molar-refractivity contribution in [2.24, 2.45) is 0 Å². The van der Waals surface area contributed by atoms with Crippen molar-refractivity contribution in [2.45, 2.75) is 13.0 Å². The Bertz CT molecular complexity index is 803. The minimum Gasteiger partial charge on any atom is -0.465 e. The highest BCUT2D eigenvalue weighted by molar-refractivity contribution is 5.91. The third kappa shape index (κ3) is 3.26. The van der Waals surface area contributed by atoms with Gasteiger partial charge in [-0.25, -0.2) is 0 Å². The van der Waals surface area contributed by atoms with Crippen LogP contribution in [0.5, 0.6) is 0 Å². The second-order valence-corrected chi connectivity index (χ2v) is 5.19. The Kier molecular flexibility index (Phi) is 4.05. The van der Waals surface area contributed by atoms with E-state index in [0.29, 0.717) is 5.76 Å². The Hall–Kier alpha value is -2.81. The summed E-state index contributed by atoms with van der Waals surface area (Å²) in [5.41, 5.74) is 1.08. The molecule has 1 aromatic heterocycles. The maximum Gasteiger partial charge on any atom is 0.244 e. The Balaban J connectivity index is 1.69. The number of rotatable bonds is 4. The highest BCUT2D eigenvalue weighted by Crippen LogP contribution is 2.20. The second kappa shape index (κ2) is 6.31. The molecule has 0 aliphatic carbocycles. The van der Waals surface area contributed by atoms with Crippen LogP contribution in [-0.2, 0) is 4.79 Å². The summed E-state index contributed by atoms with van der Waals surface area (Å²) in [5, 5.41) is 5.33. The topological polar surface area (TPSA) is 42.2 Å². The number of benzene rings is 2. The van der Waals surface area contributed by atoms with E-state index < -0.39 is 0 Å². The van der Waals surface area contributed by atoms with Gasteiger partial charge in [-0.15, -0.1) is 0 Å². The fraction of sp³-hybridized carbons (Fsp3) is 0.105. The van der Waals surface area contributed by atoms with Crippen molar-refractivity contribution >= 4 is 22.8 Å². The maximum absolute atomic E-state index is 11.9. The number of fused-ring (bicyclic) bond motifs is 1. The molecule has 3 nitrogen and oxygen atoms in total. The van der Waals surface area contributed by atoms with Gasteiger partial charge in [0, 0.05) is 6.08 Å². The van der Waals surface area contributed by atoms with Crippen molar-refractivity contribution < 1.29 is 9.21 Å². The molecule has 1 atom stereocenters. The molecule has 0 fully saturated rings. The molecule has 1 amide bonds. The van der Waals surface area contributed by atoms with E-state index in [1.54, 1.807) is 24.5 Å². The fourth-order valence-corrected chi connectivity index (χ4v) is 2.37. The average Bonchev–Trinajstić information content (AvgIpc) is 3.06. The van der Waals surface area contributed by atoms with Crippen LogP contribution in [-0.4, -0.2) is 5.91 Å². The fourth-order valence-electron chi connectivity index (χ4n) is 2.37. The van der Waals surface area contributed by atoms with E-state index >= 15 is 0 Å². The van der Waals surface area contributed by atoms with Gasteiger partial charge in [0.25, 0.3) is 0 Å². The third-order valence-electron chi connectivity index (χ3n) is 3.57. The van der Waals surface area contributed by atoms with Gasteiger partial charge in [-0.1, -0.05) is 36.4 Å². The molecule has 0 spiro atoms. The number of carbonyl (C=O) groups is 1. The molecule has 0 aliphatic heterocycles. The van der Waals surface area contributed by atoms with Gasteiger partial charge in [-0.2, -0.15) is 0 Å². The molecule has 22 heavy (non-hydrogen) atoms. The van der Waals surface area contributed by atoms with Gasteiger partial charge in [0.1, 0.15) is 5.76 Å². The molecule has 3 rings (SSSR count). The molecule has 2 aromatic carbocycles. The van der Waals surface area contributed by atoms with Crippen LogP contribution >= 0.6 is 0 Å². The second-order valence-electron chi connectivity index (χ2n) is 5.19. The number of carbonyl (C=O) groups excluding carboxylic acids is 1. The average molecular weight is 291 g/mol. The number of furan rings is 1. The lowest BCUT2D eigenvalue weighted by Gasteiger charge is -2.13. The van der Waals surface area contributed by atoms with Gasteiger partial charge in [0.15, 0.2) is 0 Å². The van der Waals surface area contributed by atoms with Crippen LogP contribution in [0.25, 0.3) is 16.8 Å². The molecular weight excluding hydrogens is 274 g/mol. The van der Waals surface area contributed by atoms with Gasteiger partial charge >= 0.3 is 0 Å². The van der Waals surface area contributed by atoms with E-state index in [1.807, 2.05) is 25.1 Å². The highest BCUT2D eigenvalue weighted by Gasteiger charge is 2.08. The molecule has 0 saturated heterocycles. The lowest BCUT2D eigenvalue weighted by Crippen LogP contribution is -2.24. The van der Waals surface area contributed by atoms with Crippen LogP contribution in [0.3, 0.4) is 0 Å². The van der Waals surface area contributed by atoms with Crippen molar-refractivity contribution in [3.63, 3.8) is 0 Å². The summed E-state index contributed by atoms with van der Waals surface area (Å²) in [6, 6.07) is 17.9. The first kappa shape index (κ1) is 14.1. The van der Waals surface area contributed by atoms with Crippen LogP contribution in [0.1, 0.15) is 24.3 Å². The minimum absolute atomic E-state index is 0.0571. The molecule has 0 radical (unpaired) electrons. The zero-order valence-corrected chi connectivity index (χ0v) is 12.3. The van der Waals surface area contributed by atoms with Gasteiger partial charge in [0.05, 0.1) is 12.3 Å². The summed E-state index contributed by atoms with van der Waals surface area (Å²) in [6.07, 6.45) is 4.72. The monoisotopic (exact) mass is 291 g/mol. The largest absolute Gasteiger partial charge is 0.465 e. The van der Waals surface area contributed by atoms with Crippen molar-refractivity contribution in [2.75, 3.05) is 0 Å². The van der Waals surface area contributed by atoms with E-state index in [1.165, 1.54) is 16.8 Å². The smallest absolute Gasteiger partial charge is 0.244 e. The van der Waals surface area contributed by atoms with Crippen molar-refractivity contribution in [3.05, 3.63) is 78.3 Å². The molecule has 3 aromatic rings. The predicted octanol–water partition coefficient (Wildman–Crippen LogP) is 4.32. The summed E-state index contributed by atoms with van der Waals surface area (Å²) < 4.78 is 5.15. The molecule has 1 N–H and O–H groups in total. The molecular formula is C19H17NO2. The number of hydrogen-bond acceptors (Lipinski definition) is 2.